The molecule has 0 aliphatic carbocycles. The minimum Gasteiger partial charge on any atom is -0.387 e. The average Bonchev–Trinajstić information content (AvgIpc) is 2.59. The van der Waals surface area contributed by atoms with Crippen LogP contribution in [0.3, 0.4) is 0 Å². The fourth-order valence-corrected chi connectivity index (χ4v) is 2.99. The van der Waals surface area contributed by atoms with Crippen LogP contribution >= 0.6 is 0 Å². The van der Waals surface area contributed by atoms with Crippen molar-refractivity contribution in [3.8, 4) is 6.07 Å². The fraction of sp³-hybridized carbons (Fsp3) is 0.333. The summed E-state index contributed by atoms with van der Waals surface area (Å²) in [5, 5.41) is 19.9. The Morgan fingerprint density at radius 2 is 1.91 bits per heavy atom. The summed E-state index contributed by atoms with van der Waals surface area (Å²) in [6.45, 7) is 2.35. The normalized spacial score (nSPS) is 17.3. The van der Waals surface area contributed by atoms with Gasteiger partial charge in [0.15, 0.2) is 0 Å². The third-order valence-corrected chi connectivity index (χ3v) is 4.26. The third-order valence-electron chi connectivity index (χ3n) is 4.26. The van der Waals surface area contributed by atoms with Crippen molar-refractivity contribution in [3.63, 3.8) is 0 Å². The van der Waals surface area contributed by atoms with Gasteiger partial charge in [-0.2, -0.15) is 5.26 Å². The Hall–Kier alpha value is -2.22. The van der Waals surface area contributed by atoms with Gasteiger partial charge in [-0.1, -0.05) is 24.3 Å². The van der Waals surface area contributed by atoms with Gasteiger partial charge in [0.05, 0.1) is 18.1 Å². The van der Waals surface area contributed by atoms with Gasteiger partial charge in [0.2, 0.25) is 0 Å². The zero-order chi connectivity index (χ0) is 15.4. The zero-order valence-corrected chi connectivity index (χ0v) is 12.4. The molecule has 0 bridgehead atoms. The standard InChI is InChI=1S/C18H19N3O/c19-11-17(18(22)15-5-8-20-9-6-15)13-21-10-7-14-3-1-2-4-16(14)12-21/h1-6,8-9,17-18,22H,7,10,12-13H2. The number of rotatable bonds is 4. The van der Waals surface area contributed by atoms with Crippen LogP contribution in [-0.2, 0) is 13.0 Å². The van der Waals surface area contributed by atoms with Crippen LogP contribution in [0.1, 0.15) is 22.8 Å². The molecule has 112 valence electrons. The molecular formula is C18H19N3O. The van der Waals surface area contributed by atoms with Crippen molar-refractivity contribution in [2.45, 2.75) is 19.1 Å². The molecule has 4 heteroatoms. The lowest BCUT2D eigenvalue weighted by atomic mass is 9.94. The molecule has 1 N–H and O–H groups in total. The van der Waals surface area contributed by atoms with E-state index in [0.29, 0.717) is 6.54 Å². The Morgan fingerprint density at radius 3 is 2.64 bits per heavy atom. The summed E-state index contributed by atoms with van der Waals surface area (Å²) < 4.78 is 0. The summed E-state index contributed by atoms with van der Waals surface area (Å²) in [6.07, 6.45) is 3.51. The van der Waals surface area contributed by atoms with Crippen LogP contribution in [0, 0.1) is 17.2 Å². The maximum atomic E-state index is 10.4. The molecule has 22 heavy (non-hydrogen) atoms. The molecule has 2 aromatic rings. The van der Waals surface area contributed by atoms with E-state index < -0.39 is 12.0 Å². The van der Waals surface area contributed by atoms with E-state index in [1.807, 2.05) is 0 Å². The molecule has 3 rings (SSSR count). The van der Waals surface area contributed by atoms with E-state index in [9.17, 15) is 10.4 Å². The molecule has 2 unspecified atom stereocenters. The van der Waals surface area contributed by atoms with Crippen LogP contribution in [-0.4, -0.2) is 28.1 Å². The van der Waals surface area contributed by atoms with E-state index >= 15 is 0 Å². The Bertz CT molecular complexity index is 666. The highest BCUT2D eigenvalue weighted by Gasteiger charge is 2.25. The van der Waals surface area contributed by atoms with E-state index in [0.717, 1.165) is 25.1 Å². The first-order valence-electron chi connectivity index (χ1n) is 7.54. The van der Waals surface area contributed by atoms with Crippen molar-refractivity contribution in [2.75, 3.05) is 13.1 Å². The van der Waals surface area contributed by atoms with Gasteiger partial charge in [-0.05, 0) is 35.2 Å². The predicted octanol–water partition coefficient (Wildman–Crippen LogP) is 2.31. The van der Waals surface area contributed by atoms with E-state index in [1.165, 1.54) is 11.1 Å². The molecule has 4 nitrogen and oxygen atoms in total. The van der Waals surface area contributed by atoms with Crippen LogP contribution in [0.25, 0.3) is 0 Å². The Balaban J connectivity index is 1.68. The molecule has 2 heterocycles. The number of pyridine rings is 1. The van der Waals surface area contributed by atoms with Gasteiger partial charge in [-0.3, -0.25) is 9.88 Å². The summed E-state index contributed by atoms with van der Waals surface area (Å²) in [5.41, 5.74) is 3.46. The Morgan fingerprint density at radius 1 is 1.18 bits per heavy atom. The summed E-state index contributed by atoms with van der Waals surface area (Å²) in [5.74, 6) is -0.437. The largest absolute Gasteiger partial charge is 0.387 e. The molecule has 1 aromatic heterocycles. The topological polar surface area (TPSA) is 60.2 Å². The minimum absolute atomic E-state index is 0.437. The van der Waals surface area contributed by atoms with E-state index in [-0.39, 0.29) is 0 Å². The molecule has 0 amide bonds. The molecule has 1 aliphatic rings. The van der Waals surface area contributed by atoms with Crippen LogP contribution in [0.15, 0.2) is 48.8 Å². The number of fused-ring (bicyclic) bond motifs is 1. The second-order valence-electron chi connectivity index (χ2n) is 5.71. The van der Waals surface area contributed by atoms with E-state index in [4.69, 9.17) is 0 Å². The summed E-state index contributed by atoms with van der Waals surface area (Å²) in [7, 11) is 0. The highest BCUT2D eigenvalue weighted by atomic mass is 16.3. The number of nitriles is 1. The molecule has 1 aromatic carbocycles. The van der Waals surface area contributed by atoms with Gasteiger partial charge in [-0.15, -0.1) is 0 Å². The Kier molecular flexibility index (Phi) is 4.47. The average molecular weight is 293 g/mol. The highest BCUT2D eigenvalue weighted by Crippen LogP contribution is 2.25. The van der Waals surface area contributed by atoms with Crippen LogP contribution in [0.2, 0.25) is 0 Å². The predicted molar refractivity (Wildman–Crippen MR) is 83.7 cm³/mol. The SMILES string of the molecule is N#CC(CN1CCc2ccccc2C1)C(O)c1ccncc1. The van der Waals surface area contributed by atoms with Crippen molar-refractivity contribution in [1.82, 2.24) is 9.88 Å². The molecule has 2 atom stereocenters. The third kappa shape index (κ3) is 3.16. The lowest BCUT2D eigenvalue weighted by Gasteiger charge is -2.31. The van der Waals surface area contributed by atoms with Gasteiger partial charge in [-0.25, -0.2) is 0 Å². The maximum absolute atomic E-state index is 10.4. The number of aliphatic hydroxyl groups is 1. The van der Waals surface area contributed by atoms with Gasteiger partial charge in [0.25, 0.3) is 0 Å². The number of nitrogens with zero attached hydrogens (tertiary/aromatic N) is 3. The van der Waals surface area contributed by atoms with Gasteiger partial charge in [0.1, 0.15) is 0 Å². The van der Waals surface area contributed by atoms with E-state index in [2.05, 4.69) is 40.2 Å². The molecule has 0 saturated heterocycles. The lowest BCUT2D eigenvalue weighted by molar-refractivity contribution is 0.101. The second-order valence-corrected chi connectivity index (χ2v) is 5.71. The van der Waals surface area contributed by atoms with Crippen LogP contribution < -0.4 is 0 Å². The number of benzene rings is 1. The molecule has 0 fully saturated rings. The van der Waals surface area contributed by atoms with Crippen molar-refractivity contribution >= 4 is 0 Å². The van der Waals surface area contributed by atoms with Crippen LogP contribution in [0.5, 0.6) is 0 Å². The number of hydrogen-bond donors (Lipinski definition) is 1. The minimum atomic E-state index is -0.773. The van der Waals surface area contributed by atoms with Gasteiger partial charge < -0.3 is 5.11 Å². The number of aromatic nitrogens is 1. The first-order valence-corrected chi connectivity index (χ1v) is 7.54. The first-order chi connectivity index (χ1) is 10.8. The van der Waals surface area contributed by atoms with E-state index in [1.54, 1.807) is 24.5 Å². The van der Waals surface area contributed by atoms with Gasteiger partial charge in [0, 0.05) is 32.0 Å². The summed E-state index contributed by atoms with van der Waals surface area (Å²) in [4.78, 5) is 6.20. The highest BCUT2D eigenvalue weighted by molar-refractivity contribution is 5.29. The maximum Gasteiger partial charge on any atom is 0.0961 e. The van der Waals surface area contributed by atoms with Crippen LogP contribution in [0.4, 0.5) is 0 Å². The smallest absolute Gasteiger partial charge is 0.0961 e. The van der Waals surface area contributed by atoms with Crippen molar-refractivity contribution in [2.24, 2.45) is 5.92 Å². The lowest BCUT2D eigenvalue weighted by Crippen LogP contribution is -2.36. The van der Waals surface area contributed by atoms with Crippen molar-refractivity contribution in [3.05, 3.63) is 65.5 Å². The molecular weight excluding hydrogens is 274 g/mol. The molecule has 1 aliphatic heterocycles. The monoisotopic (exact) mass is 293 g/mol. The fourth-order valence-electron chi connectivity index (χ4n) is 2.99. The summed E-state index contributed by atoms with van der Waals surface area (Å²) in [6, 6.07) is 14.2. The van der Waals surface area contributed by atoms with Crippen molar-refractivity contribution < 1.29 is 5.11 Å². The molecule has 0 saturated carbocycles. The molecule has 0 spiro atoms. The quantitative estimate of drug-likeness (QED) is 0.939. The first kappa shape index (κ1) is 14.7. The van der Waals surface area contributed by atoms with Gasteiger partial charge >= 0.3 is 0 Å². The Labute approximate surface area is 130 Å². The number of hydrogen-bond acceptors (Lipinski definition) is 4. The second kappa shape index (κ2) is 6.69. The molecule has 0 radical (unpaired) electrons. The summed E-state index contributed by atoms with van der Waals surface area (Å²) >= 11 is 0. The number of aliphatic hydroxyl groups excluding tert-OH is 1. The van der Waals surface area contributed by atoms with Crippen molar-refractivity contribution in [1.29, 1.82) is 5.26 Å². The zero-order valence-electron chi connectivity index (χ0n) is 12.4.